The van der Waals surface area contributed by atoms with Crippen LogP contribution in [0.25, 0.3) is 0 Å². The molecular weight excluding hydrogens is 236 g/mol. The molecule has 2 heteroatoms. The number of aliphatic carboxylic acids is 1. The van der Waals surface area contributed by atoms with E-state index in [9.17, 15) is 9.90 Å². The molecule has 1 aromatic rings. The molecule has 0 atom stereocenters. The van der Waals surface area contributed by atoms with Gasteiger partial charge in [-0.3, -0.25) is 4.79 Å². The van der Waals surface area contributed by atoms with Gasteiger partial charge < -0.3 is 5.11 Å². The predicted molar refractivity (Wildman–Crippen MR) is 75.1 cm³/mol. The minimum absolute atomic E-state index is 0.361. The van der Waals surface area contributed by atoms with Gasteiger partial charge in [0, 0.05) is 0 Å². The van der Waals surface area contributed by atoms with Crippen LogP contribution < -0.4 is 0 Å². The zero-order valence-electron chi connectivity index (χ0n) is 11.4. The van der Waals surface area contributed by atoms with Crippen molar-refractivity contribution in [1.82, 2.24) is 0 Å². The highest BCUT2D eigenvalue weighted by Gasteiger charge is 2.49. The van der Waals surface area contributed by atoms with Crippen molar-refractivity contribution in [2.24, 2.45) is 11.3 Å². The highest BCUT2D eigenvalue weighted by atomic mass is 16.4. The second kappa shape index (κ2) is 4.99. The zero-order valence-corrected chi connectivity index (χ0v) is 11.4. The molecule has 102 valence electrons. The Morgan fingerprint density at radius 2 is 1.53 bits per heavy atom. The van der Waals surface area contributed by atoms with Crippen LogP contribution in [0.15, 0.2) is 24.3 Å². The normalized spacial score (nSPS) is 22.7. The van der Waals surface area contributed by atoms with E-state index in [0.717, 1.165) is 25.7 Å². The molecule has 0 radical (unpaired) electrons. The maximum Gasteiger partial charge on any atom is 0.310 e. The molecule has 19 heavy (non-hydrogen) atoms. The molecule has 0 heterocycles. The van der Waals surface area contributed by atoms with Crippen LogP contribution in [-0.2, 0) is 17.6 Å². The van der Waals surface area contributed by atoms with Crippen LogP contribution in [-0.4, -0.2) is 11.1 Å². The van der Waals surface area contributed by atoms with Crippen molar-refractivity contribution in [1.29, 1.82) is 0 Å². The maximum atomic E-state index is 12.0. The summed E-state index contributed by atoms with van der Waals surface area (Å²) >= 11 is 0. The lowest BCUT2D eigenvalue weighted by Gasteiger charge is -2.33. The van der Waals surface area contributed by atoms with Gasteiger partial charge in [0.1, 0.15) is 0 Å². The first-order chi connectivity index (χ1) is 9.22. The Balaban J connectivity index is 1.92. The fraction of sp³-hybridized carbons (Fsp3) is 0.588. The molecule has 1 aromatic carbocycles. The van der Waals surface area contributed by atoms with E-state index >= 15 is 0 Å². The van der Waals surface area contributed by atoms with E-state index in [0.29, 0.717) is 5.92 Å². The van der Waals surface area contributed by atoms with Gasteiger partial charge in [-0.05, 0) is 42.7 Å². The molecule has 0 amide bonds. The van der Waals surface area contributed by atoms with E-state index in [4.69, 9.17) is 0 Å². The third-order valence-corrected chi connectivity index (χ3v) is 5.19. The van der Waals surface area contributed by atoms with Crippen LogP contribution in [0.2, 0.25) is 0 Å². The summed E-state index contributed by atoms with van der Waals surface area (Å²) in [6.45, 7) is 0. The van der Waals surface area contributed by atoms with Crippen LogP contribution in [0.4, 0.5) is 0 Å². The Labute approximate surface area is 114 Å². The highest BCUT2D eigenvalue weighted by molar-refractivity contribution is 5.77. The number of carboxylic acids is 1. The third kappa shape index (κ3) is 2.18. The average molecular weight is 258 g/mol. The van der Waals surface area contributed by atoms with E-state index in [2.05, 4.69) is 12.1 Å². The highest BCUT2D eigenvalue weighted by Crippen LogP contribution is 2.47. The van der Waals surface area contributed by atoms with E-state index in [-0.39, 0.29) is 0 Å². The molecule has 0 aromatic heterocycles. The summed E-state index contributed by atoms with van der Waals surface area (Å²) in [6.07, 6.45) is 8.64. The van der Waals surface area contributed by atoms with Crippen LogP contribution in [0.1, 0.15) is 49.7 Å². The fourth-order valence-electron chi connectivity index (χ4n) is 4.09. The molecule has 1 fully saturated rings. The van der Waals surface area contributed by atoms with Crippen molar-refractivity contribution in [2.75, 3.05) is 0 Å². The summed E-state index contributed by atoms with van der Waals surface area (Å²) in [6, 6.07) is 8.28. The van der Waals surface area contributed by atoms with Crippen molar-refractivity contribution < 1.29 is 9.90 Å². The largest absolute Gasteiger partial charge is 0.481 e. The second-order valence-corrected chi connectivity index (χ2v) is 6.27. The molecule has 0 saturated heterocycles. The Bertz CT molecular complexity index is 445. The zero-order chi connectivity index (χ0) is 13.3. The molecule has 1 N–H and O–H groups in total. The van der Waals surface area contributed by atoms with Gasteiger partial charge in [0.2, 0.25) is 0 Å². The lowest BCUT2D eigenvalue weighted by Crippen LogP contribution is -2.39. The molecule has 0 spiro atoms. The number of rotatable bonds is 2. The van der Waals surface area contributed by atoms with Gasteiger partial charge in [-0.1, -0.05) is 49.9 Å². The summed E-state index contributed by atoms with van der Waals surface area (Å²) in [7, 11) is 0. The van der Waals surface area contributed by atoms with Crippen molar-refractivity contribution >= 4 is 5.97 Å². The van der Waals surface area contributed by atoms with Crippen LogP contribution in [0, 0.1) is 11.3 Å². The SMILES string of the molecule is O=C(O)C1(C2CCCCCC2)Cc2ccccc2C1. The Morgan fingerprint density at radius 1 is 1.00 bits per heavy atom. The van der Waals surface area contributed by atoms with E-state index in [1.807, 2.05) is 12.1 Å². The van der Waals surface area contributed by atoms with Crippen molar-refractivity contribution in [2.45, 2.75) is 51.4 Å². The van der Waals surface area contributed by atoms with Gasteiger partial charge in [-0.2, -0.15) is 0 Å². The summed E-state index contributed by atoms with van der Waals surface area (Å²) in [5.74, 6) is -0.212. The molecule has 0 aliphatic heterocycles. The first kappa shape index (κ1) is 12.7. The van der Waals surface area contributed by atoms with Crippen molar-refractivity contribution in [3.63, 3.8) is 0 Å². The van der Waals surface area contributed by atoms with E-state index in [1.54, 1.807) is 0 Å². The molecule has 0 unspecified atom stereocenters. The first-order valence-corrected chi connectivity index (χ1v) is 7.52. The third-order valence-electron chi connectivity index (χ3n) is 5.19. The lowest BCUT2D eigenvalue weighted by atomic mass is 9.69. The summed E-state index contributed by atoms with van der Waals surface area (Å²) in [5.41, 5.74) is 2.00. The molecular formula is C17H22O2. The second-order valence-electron chi connectivity index (χ2n) is 6.27. The van der Waals surface area contributed by atoms with Crippen molar-refractivity contribution in [3.8, 4) is 0 Å². The van der Waals surface area contributed by atoms with Crippen LogP contribution in [0.5, 0.6) is 0 Å². The Hall–Kier alpha value is -1.31. The number of carbonyl (C=O) groups is 1. The number of fused-ring (bicyclic) bond motifs is 1. The lowest BCUT2D eigenvalue weighted by molar-refractivity contribution is -0.152. The van der Waals surface area contributed by atoms with Gasteiger partial charge in [-0.25, -0.2) is 0 Å². The van der Waals surface area contributed by atoms with Gasteiger partial charge in [0.25, 0.3) is 0 Å². The topological polar surface area (TPSA) is 37.3 Å². The van der Waals surface area contributed by atoms with E-state index < -0.39 is 11.4 Å². The number of benzene rings is 1. The molecule has 2 aliphatic carbocycles. The minimum atomic E-state index is -0.574. The van der Waals surface area contributed by atoms with Gasteiger partial charge in [0.15, 0.2) is 0 Å². The van der Waals surface area contributed by atoms with Crippen molar-refractivity contribution in [3.05, 3.63) is 35.4 Å². The average Bonchev–Trinajstić information content (AvgIpc) is 2.60. The molecule has 2 nitrogen and oxygen atoms in total. The van der Waals surface area contributed by atoms with Gasteiger partial charge in [0.05, 0.1) is 5.41 Å². The van der Waals surface area contributed by atoms with Gasteiger partial charge in [-0.15, -0.1) is 0 Å². The fourth-order valence-corrected chi connectivity index (χ4v) is 4.09. The summed E-state index contributed by atoms with van der Waals surface area (Å²) in [4.78, 5) is 12.0. The van der Waals surface area contributed by atoms with Crippen LogP contribution >= 0.6 is 0 Å². The quantitative estimate of drug-likeness (QED) is 0.819. The van der Waals surface area contributed by atoms with Crippen LogP contribution in [0.3, 0.4) is 0 Å². The maximum absolute atomic E-state index is 12.0. The Morgan fingerprint density at radius 3 is 2.00 bits per heavy atom. The smallest absolute Gasteiger partial charge is 0.310 e. The summed E-state index contributed by atoms with van der Waals surface area (Å²) < 4.78 is 0. The summed E-state index contributed by atoms with van der Waals surface area (Å²) in [5, 5.41) is 9.88. The molecule has 2 aliphatic rings. The van der Waals surface area contributed by atoms with Gasteiger partial charge >= 0.3 is 5.97 Å². The van der Waals surface area contributed by atoms with E-state index in [1.165, 1.54) is 36.8 Å². The monoisotopic (exact) mass is 258 g/mol. The molecule has 0 bridgehead atoms. The number of hydrogen-bond donors (Lipinski definition) is 1. The number of carboxylic acid groups (broad SMARTS) is 1. The minimum Gasteiger partial charge on any atom is -0.481 e. The standard InChI is InChI=1S/C17H22O2/c18-16(19)17(15-9-3-1-2-4-10-15)11-13-7-5-6-8-14(13)12-17/h5-8,15H,1-4,9-12H2,(H,18,19). The molecule has 1 saturated carbocycles. The predicted octanol–water partition coefficient (Wildman–Crippen LogP) is 3.83. The first-order valence-electron chi connectivity index (χ1n) is 7.52. The Kier molecular flexibility index (Phi) is 3.34. The molecule has 3 rings (SSSR count). The number of hydrogen-bond acceptors (Lipinski definition) is 1.